The van der Waals surface area contributed by atoms with Crippen LogP contribution in [0.15, 0.2) is 29.3 Å². The third kappa shape index (κ3) is 5.06. The van der Waals surface area contributed by atoms with Gasteiger partial charge in [-0.3, -0.25) is 24.8 Å². The van der Waals surface area contributed by atoms with Crippen LogP contribution in [0.1, 0.15) is 50.5 Å². The summed E-state index contributed by atoms with van der Waals surface area (Å²) in [6.45, 7) is 3.05. The number of amides is 3. The average molecular weight is 426 g/mol. The smallest absolute Gasteiger partial charge is 0.290 e. The quantitative estimate of drug-likeness (QED) is 0.771. The van der Waals surface area contributed by atoms with Crippen molar-refractivity contribution < 1.29 is 14.4 Å². The van der Waals surface area contributed by atoms with E-state index in [1.165, 1.54) is 11.4 Å². The largest absolute Gasteiger partial charge is 0.353 e. The molecule has 2 N–H and O–H groups in total. The molecule has 31 heavy (non-hydrogen) atoms. The third-order valence-electron chi connectivity index (χ3n) is 6.44. The molecule has 3 amide bonds. The zero-order chi connectivity index (χ0) is 21.8. The fourth-order valence-electron chi connectivity index (χ4n) is 4.50. The first-order valence-corrected chi connectivity index (χ1v) is 11.3. The zero-order valence-electron chi connectivity index (χ0n) is 18.1. The maximum absolute atomic E-state index is 13.0. The topological polar surface area (TPSA) is 94.1 Å². The number of anilines is 1. The molecule has 1 saturated carbocycles. The SMILES string of the molecule is Cc1ccc(N2NC(C(=O)N3CCC(NC(=O)C4CCCCC4)CC3)=NCC2=O)cc1. The van der Waals surface area contributed by atoms with Crippen molar-refractivity contribution in [3.8, 4) is 0 Å². The van der Waals surface area contributed by atoms with Crippen molar-refractivity contribution >= 4 is 29.2 Å². The lowest BCUT2D eigenvalue weighted by Crippen LogP contribution is -2.58. The molecule has 2 aliphatic heterocycles. The highest BCUT2D eigenvalue weighted by atomic mass is 16.2. The van der Waals surface area contributed by atoms with Crippen molar-refractivity contribution in [3.05, 3.63) is 29.8 Å². The summed E-state index contributed by atoms with van der Waals surface area (Å²) in [7, 11) is 0. The summed E-state index contributed by atoms with van der Waals surface area (Å²) in [6, 6.07) is 7.64. The Bertz CT molecular complexity index is 852. The van der Waals surface area contributed by atoms with E-state index in [4.69, 9.17) is 0 Å². The summed E-state index contributed by atoms with van der Waals surface area (Å²) in [5.41, 5.74) is 4.67. The molecule has 0 atom stereocenters. The highest BCUT2D eigenvalue weighted by molar-refractivity contribution is 6.39. The van der Waals surface area contributed by atoms with E-state index in [1.54, 1.807) is 4.90 Å². The van der Waals surface area contributed by atoms with Gasteiger partial charge in [0.2, 0.25) is 11.7 Å². The first-order valence-electron chi connectivity index (χ1n) is 11.3. The van der Waals surface area contributed by atoms with Gasteiger partial charge in [0.05, 0.1) is 5.69 Å². The summed E-state index contributed by atoms with van der Waals surface area (Å²) < 4.78 is 0. The standard InChI is InChI=1S/C23H31N5O3/c1-16-7-9-19(10-8-16)28-20(29)15-24-21(26-28)23(31)27-13-11-18(12-14-27)25-22(30)17-5-3-2-4-6-17/h7-10,17-18H,2-6,11-15H2,1H3,(H,24,26)(H,25,30). The van der Waals surface area contributed by atoms with Crippen molar-refractivity contribution in [2.24, 2.45) is 10.9 Å². The van der Waals surface area contributed by atoms with Crippen LogP contribution in [0, 0.1) is 12.8 Å². The summed E-state index contributed by atoms with van der Waals surface area (Å²) >= 11 is 0. The molecule has 1 aliphatic carbocycles. The van der Waals surface area contributed by atoms with Gasteiger partial charge in [-0.15, -0.1) is 0 Å². The van der Waals surface area contributed by atoms with Crippen LogP contribution in [0.25, 0.3) is 0 Å². The molecule has 8 heteroatoms. The molecule has 0 spiro atoms. The van der Waals surface area contributed by atoms with Crippen molar-refractivity contribution in [3.63, 3.8) is 0 Å². The number of nitrogens with zero attached hydrogens (tertiary/aromatic N) is 3. The van der Waals surface area contributed by atoms with Gasteiger partial charge in [-0.25, -0.2) is 5.01 Å². The second kappa shape index (κ2) is 9.49. The molecule has 4 rings (SSSR count). The van der Waals surface area contributed by atoms with Crippen LogP contribution in [-0.2, 0) is 14.4 Å². The third-order valence-corrected chi connectivity index (χ3v) is 6.44. The van der Waals surface area contributed by atoms with Gasteiger partial charge < -0.3 is 10.2 Å². The summed E-state index contributed by atoms with van der Waals surface area (Å²) in [4.78, 5) is 43.7. The van der Waals surface area contributed by atoms with Gasteiger partial charge in [-0.1, -0.05) is 37.0 Å². The lowest BCUT2D eigenvalue weighted by molar-refractivity contribution is -0.127. The minimum atomic E-state index is -0.207. The normalized spacial score (nSPS) is 20.8. The Hall–Kier alpha value is -2.90. The number of aryl methyl sites for hydroxylation is 1. The van der Waals surface area contributed by atoms with E-state index in [0.29, 0.717) is 18.8 Å². The highest BCUT2D eigenvalue weighted by Crippen LogP contribution is 2.24. The van der Waals surface area contributed by atoms with Crippen molar-refractivity contribution in [2.45, 2.75) is 57.9 Å². The summed E-state index contributed by atoms with van der Waals surface area (Å²) in [5.74, 6) is 0.102. The Balaban J connectivity index is 1.30. The van der Waals surface area contributed by atoms with Gasteiger partial charge in [0.15, 0.2) is 0 Å². The molecule has 0 radical (unpaired) electrons. The van der Waals surface area contributed by atoms with Gasteiger partial charge >= 0.3 is 0 Å². The van der Waals surface area contributed by atoms with Crippen LogP contribution >= 0.6 is 0 Å². The second-order valence-electron chi connectivity index (χ2n) is 8.75. The number of carbonyl (C=O) groups is 3. The molecule has 0 aromatic heterocycles. The molecule has 166 valence electrons. The number of nitrogens with one attached hydrogen (secondary N) is 2. The molecule has 8 nitrogen and oxygen atoms in total. The molecule has 0 unspecified atom stereocenters. The summed E-state index contributed by atoms with van der Waals surface area (Å²) in [5, 5.41) is 4.58. The molecular formula is C23H31N5O3. The maximum Gasteiger partial charge on any atom is 0.290 e. The first-order chi connectivity index (χ1) is 15.0. The van der Waals surface area contributed by atoms with Crippen LogP contribution < -0.4 is 15.8 Å². The van der Waals surface area contributed by atoms with Gasteiger partial charge in [-0.05, 0) is 44.7 Å². The first kappa shape index (κ1) is 21.3. The fraction of sp³-hybridized carbons (Fsp3) is 0.565. The van der Waals surface area contributed by atoms with Gasteiger partial charge in [0.25, 0.3) is 11.8 Å². The number of carbonyl (C=O) groups excluding carboxylic acids is 3. The predicted molar refractivity (Wildman–Crippen MR) is 118 cm³/mol. The fourth-order valence-corrected chi connectivity index (χ4v) is 4.50. The monoisotopic (exact) mass is 425 g/mol. The van der Waals surface area contributed by atoms with Crippen molar-refractivity contribution in [1.82, 2.24) is 15.6 Å². The number of likely N-dealkylation sites (tertiary alicyclic amines) is 1. The number of hydrogen-bond donors (Lipinski definition) is 2. The van der Waals surface area contributed by atoms with E-state index in [0.717, 1.165) is 44.1 Å². The van der Waals surface area contributed by atoms with E-state index in [1.807, 2.05) is 31.2 Å². The highest BCUT2D eigenvalue weighted by Gasteiger charge is 2.32. The van der Waals surface area contributed by atoms with E-state index < -0.39 is 0 Å². The van der Waals surface area contributed by atoms with Crippen LogP contribution in [0.2, 0.25) is 0 Å². The van der Waals surface area contributed by atoms with E-state index in [9.17, 15) is 14.4 Å². The van der Waals surface area contributed by atoms with E-state index in [-0.39, 0.29) is 42.1 Å². The van der Waals surface area contributed by atoms with Crippen LogP contribution in [0.4, 0.5) is 5.69 Å². The number of benzene rings is 1. The zero-order valence-corrected chi connectivity index (χ0v) is 18.1. The van der Waals surface area contributed by atoms with E-state index in [2.05, 4.69) is 15.7 Å². The number of hydrogen-bond acceptors (Lipinski definition) is 5. The number of piperidine rings is 1. The number of hydrazine groups is 1. The van der Waals surface area contributed by atoms with E-state index >= 15 is 0 Å². The Kier molecular flexibility index (Phi) is 6.53. The van der Waals surface area contributed by atoms with Crippen molar-refractivity contribution in [1.29, 1.82) is 0 Å². The number of rotatable bonds is 4. The Morgan fingerprint density at radius 2 is 1.71 bits per heavy atom. The average Bonchev–Trinajstić information content (AvgIpc) is 2.81. The van der Waals surface area contributed by atoms with Gasteiger partial charge in [-0.2, -0.15) is 0 Å². The molecule has 2 heterocycles. The summed E-state index contributed by atoms with van der Waals surface area (Å²) in [6.07, 6.45) is 6.96. The molecule has 1 aromatic rings. The molecular weight excluding hydrogens is 394 g/mol. The molecule has 2 fully saturated rings. The number of amidine groups is 1. The Labute approximate surface area is 183 Å². The maximum atomic E-state index is 13.0. The van der Waals surface area contributed by atoms with Crippen LogP contribution in [-0.4, -0.2) is 54.1 Å². The Morgan fingerprint density at radius 1 is 1.03 bits per heavy atom. The lowest BCUT2D eigenvalue weighted by atomic mass is 9.88. The Morgan fingerprint density at radius 3 is 2.39 bits per heavy atom. The van der Waals surface area contributed by atoms with Crippen molar-refractivity contribution in [2.75, 3.05) is 24.6 Å². The van der Waals surface area contributed by atoms with Crippen LogP contribution in [0.3, 0.4) is 0 Å². The minimum Gasteiger partial charge on any atom is -0.353 e. The second-order valence-corrected chi connectivity index (χ2v) is 8.75. The van der Waals surface area contributed by atoms with Crippen LogP contribution in [0.5, 0.6) is 0 Å². The number of aliphatic imine (C=N–C) groups is 1. The molecule has 0 bridgehead atoms. The van der Waals surface area contributed by atoms with Gasteiger partial charge in [0.1, 0.15) is 6.54 Å². The molecule has 1 saturated heterocycles. The molecule has 1 aromatic carbocycles. The minimum absolute atomic E-state index is 0.0597. The predicted octanol–water partition coefficient (Wildman–Crippen LogP) is 1.93. The molecule has 3 aliphatic rings. The lowest BCUT2D eigenvalue weighted by Gasteiger charge is -2.35. The van der Waals surface area contributed by atoms with Gasteiger partial charge in [0, 0.05) is 25.0 Å².